The fraction of sp³-hybridized carbons (Fsp3) is 0.500. The van der Waals surface area contributed by atoms with E-state index in [0.29, 0.717) is 23.4 Å². The third-order valence-electron chi connectivity index (χ3n) is 5.33. The van der Waals surface area contributed by atoms with E-state index in [-0.39, 0.29) is 23.4 Å². The molecular weight excluding hydrogens is 394 g/mol. The first kappa shape index (κ1) is 21.2. The summed E-state index contributed by atoms with van der Waals surface area (Å²) in [5.74, 6) is -1.11. The normalized spacial score (nSPS) is 17.8. The van der Waals surface area contributed by atoms with Crippen LogP contribution in [0, 0.1) is 0 Å². The van der Waals surface area contributed by atoms with Gasteiger partial charge in [-0.2, -0.15) is 11.8 Å². The van der Waals surface area contributed by atoms with Gasteiger partial charge >= 0.3 is 12.0 Å². The summed E-state index contributed by atoms with van der Waals surface area (Å²) in [6.45, 7) is 0. The van der Waals surface area contributed by atoms with Gasteiger partial charge in [-0.15, -0.1) is 0 Å². The van der Waals surface area contributed by atoms with E-state index < -0.39 is 18.0 Å². The van der Waals surface area contributed by atoms with Crippen LogP contribution in [0.15, 0.2) is 18.2 Å². The monoisotopic (exact) mass is 419 g/mol. The molecule has 29 heavy (non-hydrogen) atoms. The van der Waals surface area contributed by atoms with Crippen molar-refractivity contribution >= 4 is 41.3 Å². The number of carboxylic acids is 1. The Morgan fingerprint density at radius 1 is 1.17 bits per heavy atom. The molecule has 1 saturated carbocycles. The highest BCUT2D eigenvalue weighted by Crippen LogP contribution is 2.32. The predicted octanol–water partition coefficient (Wildman–Crippen LogP) is 2.94. The van der Waals surface area contributed by atoms with Crippen molar-refractivity contribution in [2.75, 3.05) is 17.3 Å². The van der Waals surface area contributed by atoms with Gasteiger partial charge in [-0.1, -0.05) is 19.3 Å². The van der Waals surface area contributed by atoms with Gasteiger partial charge in [-0.25, -0.2) is 9.59 Å². The van der Waals surface area contributed by atoms with Gasteiger partial charge in [-0.05, 0) is 49.5 Å². The van der Waals surface area contributed by atoms with E-state index in [2.05, 4.69) is 10.6 Å². The number of nitrogens with one attached hydrogen (secondary N) is 2. The van der Waals surface area contributed by atoms with Crippen molar-refractivity contribution in [1.82, 2.24) is 10.2 Å². The second-order valence-electron chi connectivity index (χ2n) is 7.30. The Morgan fingerprint density at radius 2 is 1.86 bits per heavy atom. The molecule has 1 aromatic carbocycles. The van der Waals surface area contributed by atoms with E-state index >= 15 is 0 Å². The summed E-state index contributed by atoms with van der Waals surface area (Å²) >= 11 is 1.50. The molecule has 2 aliphatic rings. The van der Waals surface area contributed by atoms with Crippen molar-refractivity contribution in [2.45, 2.75) is 50.6 Å². The van der Waals surface area contributed by atoms with Crippen molar-refractivity contribution < 1.29 is 24.3 Å². The molecular formula is C20H25N3O5S. The minimum Gasteiger partial charge on any atom is -0.480 e. The maximum atomic E-state index is 12.8. The van der Waals surface area contributed by atoms with Gasteiger partial charge in [0.05, 0.1) is 11.1 Å². The van der Waals surface area contributed by atoms with Crippen molar-refractivity contribution in [1.29, 1.82) is 0 Å². The fourth-order valence-corrected chi connectivity index (χ4v) is 4.30. The molecule has 4 amide bonds. The third-order valence-corrected chi connectivity index (χ3v) is 5.97. The number of carbonyl (C=O) groups excluding carboxylic acids is 3. The minimum atomic E-state index is -1.10. The Hall–Kier alpha value is -2.55. The lowest BCUT2D eigenvalue weighted by Crippen LogP contribution is -2.43. The number of hydrogen-bond acceptors (Lipinski definition) is 5. The number of nitrogens with zero attached hydrogens (tertiary/aromatic N) is 1. The molecule has 3 N–H and O–H groups in total. The lowest BCUT2D eigenvalue weighted by Gasteiger charge is -2.29. The predicted molar refractivity (Wildman–Crippen MR) is 110 cm³/mol. The van der Waals surface area contributed by atoms with Crippen molar-refractivity contribution in [3.05, 3.63) is 29.3 Å². The SMILES string of the molecule is CSCCC(NC(=O)Nc1ccc2c(c1)C(=O)N(C1CCCCC1)C2=O)C(=O)O. The maximum absolute atomic E-state index is 12.8. The summed E-state index contributed by atoms with van der Waals surface area (Å²) in [6.07, 6.45) is 6.95. The Labute approximate surface area is 173 Å². The van der Waals surface area contributed by atoms with Crippen molar-refractivity contribution in [2.24, 2.45) is 0 Å². The van der Waals surface area contributed by atoms with Crippen molar-refractivity contribution in [3.63, 3.8) is 0 Å². The molecule has 1 atom stereocenters. The van der Waals surface area contributed by atoms with Crippen LogP contribution in [-0.2, 0) is 4.79 Å². The first-order chi connectivity index (χ1) is 13.9. The summed E-state index contributed by atoms with van der Waals surface area (Å²) in [5.41, 5.74) is 0.951. The molecule has 0 bridgehead atoms. The zero-order valence-corrected chi connectivity index (χ0v) is 17.1. The fourth-order valence-electron chi connectivity index (χ4n) is 3.83. The second-order valence-corrected chi connectivity index (χ2v) is 8.29. The summed E-state index contributed by atoms with van der Waals surface area (Å²) in [7, 11) is 0. The number of fused-ring (bicyclic) bond motifs is 1. The average molecular weight is 420 g/mol. The number of amides is 4. The van der Waals surface area contributed by atoms with Gasteiger partial charge in [0, 0.05) is 11.7 Å². The van der Waals surface area contributed by atoms with Crippen LogP contribution in [-0.4, -0.2) is 57.9 Å². The molecule has 9 heteroatoms. The highest BCUT2D eigenvalue weighted by molar-refractivity contribution is 7.98. The van der Waals surface area contributed by atoms with Gasteiger partial charge in [0.25, 0.3) is 11.8 Å². The number of rotatable bonds is 7. The topological polar surface area (TPSA) is 116 Å². The zero-order valence-electron chi connectivity index (χ0n) is 16.3. The lowest BCUT2D eigenvalue weighted by molar-refractivity contribution is -0.139. The largest absolute Gasteiger partial charge is 0.480 e. The number of imide groups is 1. The van der Waals surface area contributed by atoms with Crippen LogP contribution in [0.1, 0.15) is 59.2 Å². The number of benzene rings is 1. The number of carbonyl (C=O) groups is 4. The number of anilines is 1. The van der Waals surface area contributed by atoms with Crippen LogP contribution in [0.25, 0.3) is 0 Å². The number of carboxylic acid groups (broad SMARTS) is 1. The Kier molecular flexibility index (Phi) is 6.79. The standard InChI is InChI=1S/C20H25N3O5S/c1-29-10-9-16(19(26)27)22-20(28)21-12-7-8-14-15(11-12)18(25)23(17(14)24)13-5-3-2-4-6-13/h7-8,11,13,16H,2-6,9-10H2,1H3,(H,26,27)(H2,21,22,28). The summed E-state index contributed by atoms with van der Waals surface area (Å²) in [5, 5.41) is 14.2. The number of aliphatic carboxylic acids is 1. The second kappa shape index (κ2) is 9.30. The molecule has 3 rings (SSSR count). The number of thioether (sulfide) groups is 1. The van der Waals surface area contributed by atoms with Gasteiger partial charge in [-0.3, -0.25) is 14.5 Å². The van der Waals surface area contributed by atoms with Crippen LogP contribution < -0.4 is 10.6 Å². The number of hydrogen-bond donors (Lipinski definition) is 3. The van der Waals surface area contributed by atoms with Crippen LogP contribution in [0.4, 0.5) is 10.5 Å². The summed E-state index contributed by atoms with van der Waals surface area (Å²) in [4.78, 5) is 50.3. The maximum Gasteiger partial charge on any atom is 0.326 e. The Bertz CT molecular complexity index is 822. The van der Waals surface area contributed by atoms with Gasteiger partial charge in [0.2, 0.25) is 0 Å². The molecule has 0 saturated heterocycles. The Balaban J connectivity index is 1.69. The first-order valence-electron chi connectivity index (χ1n) is 9.73. The molecule has 0 radical (unpaired) electrons. The lowest BCUT2D eigenvalue weighted by atomic mass is 9.94. The van der Waals surface area contributed by atoms with Gasteiger partial charge in [0.1, 0.15) is 6.04 Å². The molecule has 1 aliphatic carbocycles. The smallest absolute Gasteiger partial charge is 0.326 e. The Morgan fingerprint density at radius 3 is 2.52 bits per heavy atom. The van der Waals surface area contributed by atoms with Crippen LogP contribution >= 0.6 is 11.8 Å². The zero-order chi connectivity index (χ0) is 21.0. The van der Waals surface area contributed by atoms with Crippen LogP contribution in [0.3, 0.4) is 0 Å². The third kappa shape index (κ3) is 4.72. The highest BCUT2D eigenvalue weighted by Gasteiger charge is 2.40. The number of urea groups is 1. The molecule has 1 aromatic rings. The van der Waals surface area contributed by atoms with E-state index in [1.54, 1.807) is 6.07 Å². The molecule has 1 fully saturated rings. The highest BCUT2D eigenvalue weighted by atomic mass is 32.2. The van der Waals surface area contributed by atoms with E-state index in [1.165, 1.54) is 28.8 Å². The molecule has 1 aliphatic heterocycles. The molecule has 156 valence electrons. The van der Waals surface area contributed by atoms with E-state index in [4.69, 9.17) is 0 Å². The van der Waals surface area contributed by atoms with E-state index in [1.807, 2.05) is 6.26 Å². The summed E-state index contributed by atoms with van der Waals surface area (Å²) in [6, 6.07) is 2.84. The van der Waals surface area contributed by atoms with Gasteiger partial charge < -0.3 is 15.7 Å². The van der Waals surface area contributed by atoms with E-state index in [9.17, 15) is 24.3 Å². The average Bonchev–Trinajstić information content (AvgIpc) is 2.95. The van der Waals surface area contributed by atoms with E-state index in [0.717, 1.165) is 32.1 Å². The first-order valence-corrected chi connectivity index (χ1v) is 11.1. The molecule has 8 nitrogen and oxygen atoms in total. The summed E-state index contributed by atoms with van der Waals surface area (Å²) < 4.78 is 0. The van der Waals surface area contributed by atoms with Crippen LogP contribution in [0.5, 0.6) is 0 Å². The van der Waals surface area contributed by atoms with Crippen molar-refractivity contribution in [3.8, 4) is 0 Å². The van der Waals surface area contributed by atoms with Crippen LogP contribution in [0.2, 0.25) is 0 Å². The molecule has 0 spiro atoms. The quantitative estimate of drug-likeness (QED) is 0.585. The molecule has 0 aromatic heterocycles. The molecule has 1 heterocycles. The van der Waals surface area contributed by atoms with Gasteiger partial charge in [0.15, 0.2) is 0 Å². The molecule has 1 unspecified atom stereocenters. The minimum absolute atomic E-state index is 0.0661.